The standard InChI is InChI=1S/C24H26FNO2/c25-19-8-5-18(6-9-19)23-20-4-2-1-3-16(20)7-10-21(23)24(27)28-22-15-26-13-11-17(22)12-14-26/h1-6,8-9,17,21-23H,7,10-15H2. The Labute approximate surface area is 165 Å². The lowest BCUT2D eigenvalue weighted by Crippen LogP contribution is -2.52. The minimum atomic E-state index is -0.251. The fourth-order valence-electron chi connectivity index (χ4n) is 5.38. The van der Waals surface area contributed by atoms with Crippen molar-refractivity contribution >= 4 is 5.97 Å². The third-order valence-corrected chi connectivity index (χ3v) is 6.91. The molecule has 3 nitrogen and oxygen atoms in total. The first-order valence-corrected chi connectivity index (χ1v) is 10.4. The van der Waals surface area contributed by atoms with Gasteiger partial charge in [-0.2, -0.15) is 0 Å². The van der Waals surface area contributed by atoms with Crippen molar-refractivity contribution < 1.29 is 13.9 Å². The molecule has 146 valence electrons. The van der Waals surface area contributed by atoms with Crippen molar-refractivity contribution in [3.05, 3.63) is 71.0 Å². The first-order valence-electron chi connectivity index (χ1n) is 10.4. The summed E-state index contributed by atoms with van der Waals surface area (Å²) in [5.74, 6) is -0.106. The van der Waals surface area contributed by atoms with E-state index in [1.807, 2.05) is 24.3 Å². The predicted molar refractivity (Wildman–Crippen MR) is 106 cm³/mol. The lowest BCUT2D eigenvalue weighted by molar-refractivity contribution is -0.164. The average molecular weight is 379 g/mol. The van der Waals surface area contributed by atoms with Gasteiger partial charge in [0.1, 0.15) is 11.9 Å². The SMILES string of the molecule is O=C(OC1CN2CCC1CC2)C1CCc2ccccc2C1c1ccc(F)cc1. The number of halogens is 1. The van der Waals surface area contributed by atoms with Crippen LogP contribution in [0.3, 0.4) is 0 Å². The van der Waals surface area contributed by atoms with Gasteiger partial charge in [-0.05, 0) is 73.5 Å². The summed E-state index contributed by atoms with van der Waals surface area (Å²) in [5.41, 5.74) is 3.45. The summed E-state index contributed by atoms with van der Waals surface area (Å²) in [7, 11) is 0. The number of rotatable bonds is 3. The Morgan fingerprint density at radius 1 is 1.00 bits per heavy atom. The Morgan fingerprint density at radius 2 is 1.75 bits per heavy atom. The number of esters is 1. The maximum Gasteiger partial charge on any atom is 0.310 e. The molecule has 0 aromatic heterocycles. The van der Waals surface area contributed by atoms with Gasteiger partial charge >= 0.3 is 5.97 Å². The molecule has 4 aliphatic rings. The van der Waals surface area contributed by atoms with E-state index >= 15 is 0 Å². The molecule has 2 aromatic rings. The molecule has 3 saturated heterocycles. The monoisotopic (exact) mass is 379 g/mol. The number of hydrogen-bond donors (Lipinski definition) is 0. The second kappa shape index (κ2) is 7.32. The predicted octanol–water partition coefficient (Wildman–Crippen LogP) is 4.16. The highest BCUT2D eigenvalue weighted by Crippen LogP contribution is 2.42. The van der Waals surface area contributed by atoms with E-state index in [4.69, 9.17) is 4.74 Å². The van der Waals surface area contributed by atoms with Gasteiger partial charge in [0.25, 0.3) is 0 Å². The zero-order valence-corrected chi connectivity index (χ0v) is 16.0. The normalized spacial score (nSPS) is 31.2. The largest absolute Gasteiger partial charge is 0.460 e. The molecule has 3 aliphatic heterocycles. The van der Waals surface area contributed by atoms with E-state index < -0.39 is 0 Å². The number of benzene rings is 2. The molecule has 3 atom stereocenters. The fraction of sp³-hybridized carbons (Fsp3) is 0.458. The van der Waals surface area contributed by atoms with Crippen molar-refractivity contribution in [3.8, 4) is 0 Å². The zero-order valence-electron chi connectivity index (χ0n) is 16.0. The van der Waals surface area contributed by atoms with Gasteiger partial charge in [0.15, 0.2) is 0 Å². The molecule has 4 heteroatoms. The van der Waals surface area contributed by atoms with Crippen molar-refractivity contribution in [2.45, 2.75) is 37.7 Å². The number of nitrogens with zero attached hydrogens (tertiary/aromatic N) is 1. The van der Waals surface area contributed by atoms with E-state index in [0.717, 1.165) is 50.9 Å². The van der Waals surface area contributed by atoms with Gasteiger partial charge in [0.2, 0.25) is 0 Å². The molecule has 28 heavy (non-hydrogen) atoms. The van der Waals surface area contributed by atoms with Crippen LogP contribution < -0.4 is 0 Å². The molecule has 3 heterocycles. The van der Waals surface area contributed by atoms with E-state index in [2.05, 4.69) is 17.0 Å². The van der Waals surface area contributed by atoms with Crippen molar-refractivity contribution in [2.75, 3.05) is 19.6 Å². The number of piperidine rings is 3. The first kappa shape index (κ1) is 17.9. The molecule has 0 radical (unpaired) electrons. The number of carbonyl (C=O) groups excluding carboxylic acids is 1. The average Bonchev–Trinajstić information content (AvgIpc) is 2.74. The number of aryl methyl sites for hydroxylation is 1. The number of ether oxygens (including phenoxy) is 1. The van der Waals surface area contributed by atoms with Gasteiger partial charge in [-0.25, -0.2) is 4.39 Å². The molecule has 0 N–H and O–H groups in total. The number of hydrogen-bond acceptors (Lipinski definition) is 3. The van der Waals surface area contributed by atoms with Gasteiger partial charge in [-0.15, -0.1) is 0 Å². The molecule has 2 aromatic carbocycles. The van der Waals surface area contributed by atoms with Crippen LogP contribution in [0.2, 0.25) is 0 Å². The van der Waals surface area contributed by atoms with Crippen LogP contribution in [-0.2, 0) is 16.0 Å². The highest BCUT2D eigenvalue weighted by Gasteiger charge is 2.41. The van der Waals surface area contributed by atoms with Crippen LogP contribution >= 0.6 is 0 Å². The smallest absolute Gasteiger partial charge is 0.310 e. The molecule has 0 saturated carbocycles. The summed E-state index contributed by atoms with van der Waals surface area (Å²) in [4.78, 5) is 15.7. The highest BCUT2D eigenvalue weighted by atomic mass is 19.1. The third kappa shape index (κ3) is 3.24. The Kier molecular flexibility index (Phi) is 4.67. The number of carbonyl (C=O) groups is 1. The van der Waals surface area contributed by atoms with Gasteiger partial charge in [0.05, 0.1) is 5.92 Å². The van der Waals surface area contributed by atoms with Gasteiger partial charge in [-0.3, -0.25) is 9.69 Å². The van der Waals surface area contributed by atoms with Crippen molar-refractivity contribution in [1.82, 2.24) is 4.90 Å². The van der Waals surface area contributed by atoms with Crippen LogP contribution in [0.25, 0.3) is 0 Å². The van der Waals surface area contributed by atoms with E-state index in [9.17, 15) is 9.18 Å². The molecule has 0 amide bonds. The summed E-state index contributed by atoms with van der Waals surface area (Å²) in [6.45, 7) is 3.14. The summed E-state index contributed by atoms with van der Waals surface area (Å²) < 4.78 is 19.6. The quantitative estimate of drug-likeness (QED) is 0.750. The van der Waals surface area contributed by atoms with Crippen molar-refractivity contribution in [3.63, 3.8) is 0 Å². The topological polar surface area (TPSA) is 29.5 Å². The maximum atomic E-state index is 13.5. The summed E-state index contributed by atoms with van der Waals surface area (Å²) in [6, 6.07) is 14.9. The lowest BCUT2D eigenvalue weighted by Gasteiger charge is -2.44. The fourth-order valence-corrected chi connectivity index (χ4v) is 5.38. The van der Waals surface area contributed by atoms with Crippen LogP contribution in [-0.4, -0.2) is 36.6 Å². The van der Waals surface area contributed by atoms with E-state index in [0.29, 0.717) is 5.92 Å². The van der Waals surface area contributed by atoms with Crippen molar-refractivity contribution in [1.29, 1.82) is 0 Å². The molecular formula is C24H26FNO2. The molecule has 3 fully saturated rings. The summed E-state index contributed by atoms with van der Waals surface area (Å²) in [6.07, 6.45) is 3.95. The van der Waals surface area contributed by atoms with E-state index in [-0.39, 0.29) is 29.7 Å². The minimum absolute atomic E-state index is 0.0287. The van der Waals surface area contributed by atoms with Gasteiger partial charge in [-0.1, -0.05) is 36.4 Å². The molecule has 0 spiro atoms. The van der Waals surface area contributed by atoms with Gasteiger partial charge < -0.3 is 4.74 Å². The Balaban J connectivity index is 1.43. The molecular weight excluding hydrogens is 353 g/mol. The summed E-state index contributed by atoms with van der Waals surface area (Å²) in [5, 5.41) is 0. The highest BCUT2D eigenvalue weighted by molar-refractivity contribution is 5.75. The Bertz CT molecular complexity index is 857. The van der Waals surface area contributed by atoms with Gasteiger partial charge in [0, 0.05) is 12.5 Å². The van der Waals surface area contributed by atoms with E-state index in [1.54, 1.807) is 0 Å². The molecule has 6 rings (SSSR count). The second-order valence-corrected chi connectivity index (χ2v) is 8.49. The van der Waals surface area contributed by atoms with Crippen LogP contribution in [0, 0.1) is 17.7 Å². The Hall–Kier alpha value is -2.20. The van der Waals surface area contributed by atoms with Crippen LogP contribution in [0.15, 0.2) is 48.5 Å². The van der Waals surface area contributed by atoms with Crippen molar-refractivity contribution in [2.24, 2.45) is 11.8 Å². The minimum Gasteiger partial charge on any atom is -0.460 e. The lowest BCUT2D eigenvalue weighted by atomic mass is 9.72. The molecule has 1 aliphatic carbocycles. The number of fused-ring (bicyclic) bond motifs is 4. The zero-order chi connectivity index (χ0) is 19.1. The molecule has 3 unspecified atom stereocenters. The Morgan fingerprint density at radius 3 is 2.46 bits per heavy atom. The van der Waals surface area contributed by atoms with E-state index in [1.165, 1.54) is 23.3 Å². The first-order chi connectivity index (χ1) is 13.7. The maximum absolute atomic E-state index is 13.5. The van der Waals surface area contributed by atoms with Crippen LogP contribution in [0.5, 0.6) is 0 Å². The van der Waals surface area contributed by atoms with Crippen LogP contribution in [0.1, 0.15) is 41.9 Å². The molecule has 2 bridgehead atoms. The van der Waals surface area contributed by atoms with Crippen LogP contribution in [0.4, 0.5) is 4.39 Å². The second-order valence-electron chi connectivity index (χ2n) is 8.49. The summed E-state index contributed by atoms with van der Waals surface area (Å²) >= 11 is 0. The third-order valence-electron chi connectivity index (χ3n) is 6.91.